The van der Waals surface area contributed by atoms with Gasteiger partial charge in [-0.05, 0) is 43.4 Å². The zero-order chi connectivity index (χ0) is 8.93. The SMILES string of the molecule is c1nsc(SCC2CCCNC2)n1. The molecule has 0 saturated carbocycles. The molecular weight excluding hydrogens is 202 g/mol. The lowest BCUT2D eigenvalue weighted by molar-refractivity contribution is 0.410. The van der Waals surface area contributed by atoms with Gasteiger partial charge in [0.25, 0.3) is 0 Å². The Bertz CT molecular complexity index is 232. The number of hydrogen-bond acceptors (Lipinski definition) is 5. The van der Waals surface area contributed by atoms with Gasteiger partial charge in [0.2, 0.25) is 0 Å². The van der Waals surface area contributed by atoms with Crippen molar-refractivity contribution in [2.45, 2.75) is 17.2 Å². The molecule has 13 heavy (non-hydrogen) atoms. The normalized spacial score (nSPS) is 23.2. The highest BCUT2D eigenvalue weighted by Gasteiger charge is 2.13. The molecule has 5 heteroatoms. The van der Waals surface area contributed by atoms with Crippen LogP contribution in [0.25, 0.3) is 0 Å². The standard InChI is InChI=1S/C8H13N3S2/c1-2-7(4-9-3-1)5-12-8-10-6-11-13-8/h6-7,9H,1-5H2. The number of piperidine rings is 1. The fraction of sp³-hybridized carbons (Fsp3) is 0.750. The number of hydrogen-bond donors (Lipinski definition) is 1. The predicted molar refractivity (Wildman–Crippen MR) is 56.2 cm³/mol. The van der Waals surface area contributed by atoms with Crippen molar-refractivity contribution < 1.29 is 0 Å². The molecule has 1 unspecified atom stereocenters. The topological polar surface area (TPSA) is 37.8 Å². The van der Waals surface area contributed by atoms with Gasteiger partial charge in [0.1, 0.15) is 6.33 Å². The third-order valence-corrected chi connectivity index (χ3v) is 4.21. The summed E-state index contributed by atoms with van der Waals surface area (Å²) in [7, 11) is 0. The molecule has 1 atom stereocenters. The van der Waals surface area contributed by atoms with E-state index in [-0.39, 0.29) is 0 Å². The second kappa shape index (κ2) is 4.93. The zero-order valence-corrected chi connectivity index (χ0v) is 9.03. The van der Waals surface area contributed by atoms with Crippen molar-refractivity contribution in [2.75, 3.05) is 18.8 Å². The van der Waals surface area contributed by atoms with E-state index in [9.17, 15) is 0 Å². The third-order valence-electron chi connectivity index (χ3n) is 2.18. The molecule has 1 aliphatic heterocycles. The van der Waals surface area contributed by atoms with E-state index in [1.165, 1.54) is 43.2 Å². The molecule has 1 N–H and O–H groups in total. The summed E-state index contributed by atoms with van der Waals surface area (Å²) >= 11 is 3.33. The minimum Gasteiger partial charge on any atom is -0.316 e. The highest BCUT2D eigenvalue weighted by atomic mass is 32.2. The molecule has 1 aliphatic rings. The van der Waals surface area contributed by atoms with E-state index in [2.05, 4.69) is 14.7 Å². The van der Waals surface area contributed by atoms with Crippen LogP contribution in [0.2, 0.25) is 0 Å². The lowest BCUT2D eigenvalue weighted by Crippen LogP contribution is -2.30. The fourth-order valence-corrected chi connectivity index (χ4v) is 3.09. The lowest BCUT2D eigenvalue weighted by Gasteiger charge is -2.21. The van der Waals surface area contributed by atoms with E-state index in [0.29, 0.717) is 0 Å². The molecule has 1 fully saturated rings. The first kappa shape index (κ1) is 9.43. The van der Waals surface area contributed by atoms with Crippen molar-refractivity contribution in [2.24, 2.45) is 5.92 Å². The molecule has 1 aromatic heterocycles. The maximum atomic E-state index is 4.15. The van der Waals surface area contributed by atoms with Crippen LogP contribution in [-0.4, -0.2) is 28.2 Å². The van der Waals surface area contributed by atoms with Gasteiger partial charge in [0, 0.05) is 5.75 Å². The summed E-state index contributed by atoms with van der Waals surface area (Å²) in [5, 5.41) is 3.42. The van der Waals surface area contributed by atoms with Crippen molar-refractivity contribution >= 4 is 23.3 Å². The molecule has 1 aromatic rings. The predicted octanol–water partition coefficient (Wildman–Crippen LogP) is 1.63. The van der Waals surface area contributed by atoms with Crippen molar-refractivity contribution in [3.8, 4) is 0 Å². The molecule has 0 aromatic carbocycles. The fourth-order valence-electron chi connectivity index (χ4n) is 1.48. The highest BCUT2D eigenvalue weighted by molar-refractivity contribution is 8.00. The summed E-state index contributed by atoms with van der Waals surface area (Å²) in [5.41, 5.74) is 0. The molecule has 0 radical (unpaired) electrons. The van der Waals surface area contributed by atoms with Gasteiger partial charge in [0.15, 0.2) is 4.34 Å². The monoisotopic (exact) mass is 215 g/mol. The van der Waals surface area contributed by atoms with Crippen LogP contribution in [0, 0.1) is 5.92 Å². The molecule has 0 aliphatic carbocycles. The van der Waals surface area contributed by atoms with Crippen molar-refractivity contribution in [3.63, 3.8) is 0 Å². The van der Waals surface area contributed by atoms with E-state index in [1.54, 1.807) is 6.33 Å². The van der Waals surface area contributed by atoms with E-state index in [1.807, 2.05) is 11.8 Å². The van der Waals surface area contributed by atoms with Crippen molar-refractivity contribution in [1.82, 2.24) is 14.7 Å². The number of thioether (sulfide) groups is 1. The van der Waals surface area contributed by atoms with Gasteiger partial charge in [-0.3, -0.25) is 0 Å². The molecule has 72 valence electrons. The average Bonchev–Trinajstić information content (AvgIpc) is 2.69. The van der Waals surface area contributed by atoms with Crippen LogP contribution < -0.4 is 5.32 Å². The van der Waals surface area contributed by atoms with Crippen LogP contribution >= 0.6 is 23.3 Å². The van der Waals surface area contributed by atoms with Gasteiger partial charge in [-0.15, -0.1) is 0 Å². The summed E-state index contributed by atoms with van der Waals surface area (Å²) in [6.45, 7) is 2.37. The Labute approximate surface area is 86.5 Å². The first-order chi connectivity index (χ1) is 6.45. The van der Waals surface area contributed by atoms with Crippen LogP contribution in [-0.2, 0) is 0 Å². The van der Waals surface area contributed by atoms with E-state index < -0.39 is 0 Å². The second-order valence-corrected chi connectivity index (χ2v) is 5.28. The maximum absolute atomic E-state index is 4.15. The first-order valence-electron chi connectivity index (χ1n) is 4.55. The third kappa shape index (κ3) is 2.93. The Hall–Kier alpha value is -0.130. The van der Waals surface area contributed by atoms with Crippen LogP contribution in [0.3, 0.4) is 0 Å². The number of nitrogens with zero attached hydrogens (tertiary/aromatic N) is 2. The molecule has 0 bridgehead atoms. The Balaban J connectivity index is 1.72. The van der Waals surface area contributed by atoms with E-state index in [0.717, 1.165) is 10.3 Å². The number of nitrogens with one attached hydrogen (secondary N) is 1. The number of rotatable bonds is 3. The number of aromatic nitrogens is 2. The Morgan fingerprint density at radius 2 is 2.69 bits per heavy atom. The van der Waals surface area contributed by atoms with Crippen LogP contribution in [0.1, 0.15) is 12.8 Å². The molecule has 1 saturated heterocycles. The maximum Gasteiger partial charge on any atom is 0.169 e. The summed E-state index contributed by atoms with van der Waals surface area (Å²) in [6, 6.07) is 0. The van der Waals surface area contributed by atoms with Crippen molar-refractivity contribution in [3.05, 3.63) is 6.33 Å². The van der Waals surface area contributed by atoms with Crippen LogP contribution in [0.15, 0.2) is 10.7 Å². The minimum atomic E-state index is 0.822. The van der Waals surface area contributed by atoms with Gasteiger partial charge in [-0.25, -0.2) is 4.98 Å². The van der Waals surface area contributed by atoms with Gasteiger partial charge >= 0.3 is 0 Å². The highest BCUT2D eigenvalue weighted by Crippen LogP contribution is 2.23. The van der Waals surface area contributed by atoms with Crippen LogP contribution in [0.4, 0.5) is 0 Å². The van der Waals surface area contributed by atoms with Gasteiger partial charge < -0.3 is 5.32 Å². The Kier molecular flexibility index (Phi) is 3.57. The summed E-state index contributed by atoms with van der Waals surface area (Å²) in [4.78, 5) is 4.15. The summed E-state index contributed by atoms with van der Waals surface area (Å²) in [5.74, 6) is 2.00. The smallest absolute Gasteiger partial charge is 0.169 e. The van der Waals surface area contributed by atoms with Gasteiger partial charge in [-0.1, -0.05) is 11.8 Å². The largest absolute Gasteiger partial charge is 0.316 e. The molecule has 0 spiro atoms. The summed E-state index contributed by atoms with van der Waals surface area (Å²) < 4.78 is 5.08. The molecule has 2 rings (SSSR count). The molecule has 3 nitrogen and oxygen atoms in total. The average molecular weight is 215 g/mol. The van der Waals surface area contributed by atoms with Gasteiger partial charge in [0.05, 0.1) is 0 Å². The van der Waals surface area contributed by atoms with E-state index >= 15 is 0 Å². The molecule has 2 heterocycles. The van der Waals surface area contributed by atoms with Crippen molar-refractivity contribution in [1.29, 1.82) is 0 Å². The Morgan fingerprint density at radius 3 is 3.38 bits per heavy atom. The summed E-state index contributed by atoms with van der Waals surface area (Å²) in [6.07, 6.45) is 4.31. The van der Waals surface area contributed by atoms with Gasteiger partial charge in [-0.2, -0.15) is 4.37 Å². The second-order valence-electron chi connectivity index (χ2n) is 3.23. The zero-order valence-electron chi connectivity index (χ0n) is 7.40. The van der Waals surface area contributed by atoms with Crippen LogP contribution in [0.5, 0.6) is 0 Å². The molecule has 0 amide bonds. The quantitative estimate of drug-likeness (QED) is 0.778. The Morgan fingerprint density at radius 1 is 1.69 bits per heavy atom. The lowest BCUT2D eigenvalue weighted by atomic mass is 10.0. The minimum absolute atomic E-state index is 0.822. The van der Waals surface area contributed by atoms with E-state index in [4.69, 9.17) is 0 Å². The first-order valence-corrected chi connectivity index (χ1v) is 6.31. The molecular formula is C8H13N3S2.